The molecule has 0 saturated carbocycles. The number of alkyl halides is 1. The first kappa shape index (κ1) is 22.7. The van der Waals surface area contributed by atoms with Crippen LogP contribution in [0.3, 0.4) is 0 Å². The van der Waals surface area contributed by atoms with Crippen LogP contribution in [0.5, 0.6) is 5.75 Å². The fourth-order valence-electron chi connectivity index (χ4n) is 3.14. The highest BCUT2D eigenvalue weighted by Gasteiger charge is 2.20. The number of carbonyl (C=O) groups excluding carboxylic acids is 2. The van der Waals surface area contributed by atoms with E-state index in [1.165, 1.54) is 30.4 Å². The predicted octanol–water partition coefficient (Wildman–Crippen LogP) is 5.83. The van der Waals surface area contributed by atoms with E-state index >= 15 is 0 Å². The fourth-order valence-corrected chi connectivity index (χ4v) is 4.19. The fraction of sp³-hybridized carbons (Fsp3) is 0.208. The number of hydrogen-bond donors (Lipinski definition) is 1. The number of amides is 1. The summed E-state index contributed by atoms with van der Waals surface area (Å²) in [5.41, 5.74) is 4.59. The second-order valence-electron chi connectivity index (χ2n) is 7.11. The molecule has 160 valence electrons. The largest absolute Gasteiger partial charge is 0.508 e. The molecule has 0 saturated heterocycles. The Balaban J connectivity index is 1.83. The lowest BCUT2D eigenvalue weighted by Gasteiger charge is -2.21. The van der Waals surface area contributed by atoms with Crippen LogP contribution in [0.15, 0.2) is 47.9 Å². The number of carbonyl (C=O) groups is 2. The summed E-state index contributed by atoms with van der Waals surface area (Å²) in [5.74, 6) is 0.144. The molecule has 2 aromatic carbocycles. The zero-order valence-corrected chi connectivity index (χ0v) is 19.1. The summed E-state index contributed by atoms with van der Waals surface area (Å²) < 4.78 is 0. The van der Waals surface area contributed by atoms with Gasteiger partial charge in [0, 0.05) is 23.7 Å². The van der Waals surface area contributed by atoms with Crippen LogP contribution >= 0.6 is 22.9 Å². The number of hydrogen-bond acceptors (Lipinski definition) is 5. The number of nitrogens with zero attached hydrogens (tertiary/aromatic N) is 2. The molecule has 1 amide bonds. The highest BCUT2D eigenvalue weighted by Crippen LogP contribution is 2.32. The van der Waals surface area contributed by atoms with Gasteiger partial charge in [0.15, 0.2) is 10.9 Å². The number of halogens is 1. The van der Waals surface area contributed by atoms with Crippen molar-refractivity contribution in [3.8, 4) is 5.75 Å². The summed E-state index contributed by atoms with van der Waals surface area (Å²) in [6.07, 6.45) is 3.54. The van der Waals surface area contributed by atoms with E-state index in [4.69, 9.17) is 11.6 Å². The van der Waals surface area contributed by atoms with Crippen molar-refractivity contribution >= 4 is 51.5 Å². The lowest BCUT2D eigenvalue weighted by molar-refractivity contribution is -0.115. The lowest BCUT2D eigenvalue weighted by atomic mass is 10.0. The average Bonchev–Trinajstić information content (AvgIpc) is 3.19. The molecule has 0 atom stereocenters. The molecule has 0 fully saturated rings. The molecule has 1 heterocycles. The third-order valence-corrected chi connectivity index (χ3v) is 6.00. The van der Waals surface area contributed by atoms with Crippen LogP contribution in [0.25, 0.3) is 6.08 Å². The molecule has 0 spiro atoms. The van der Waals surface area contributed by atoms with E-state index in [1.54, 1.807) is 28.5 Å². The van der Waals surface area contributed by atoms with E-state index < -0.39 is 0 Å². The van der Waals surface area contributed by atoms with Gasteiger partial charge in [-0.1, -0.05) is 12.1 Å². The zero-order valence-electron chi connectivity index (χ0n) is 17.6. The van der Waals surface area contributed by atoms with Gasteiger partial charge in [-0.25, -0.2) is 4.98 Å². The Morgan fingerprint density at radius 2 is 2.00 bits per heavy atom. The van der Waals surface area contributed by atoms with Gasteiger partial charge in [0.05, 0.1) is 11.4 Å². The second-order valence-corrected chi connectivity index (χ2v) is 8.32. The van der Waals surface area contributed by atoms with Gasteiger partial charge < -0.3 is 5.11 Å². The molecule has 0 unspecified atom stereocenters. The van der Waals surface area contributed by atoms with Gasteiger partial charge in [0.2, 0.25) is 5.91 Å². The van der Waals surface area contributed by atoms with E-state index in [0.717, 1.165) is 16.8 Å². The molecular formula is C24H23ClN2O3S. The summed E-state index contributed by atoms with van der Waals surface area (Å²) in [6.45, 7) is 5.48. The number of phenolic OH excluding ortho intramolecular Hbond substituents is 1. The van der Waals surface area contributed by atoms with Crippen LogP contribution in [-0.4, -0.2) is 27.7 Å². The standard InChI is InChI=1S/C24H23ClN2O3S/c1-15-5-4-6-21(16(15)2)27(17(3)28)24-26-20(14-31-24)8-10-23(30)18-7-9-22(29)19(13-18)11-12-25/h4-10,13-14,29H,11-12H2,1-3H3/b10-8+. The highest BCUT2D eigenvalue weighted by atomic mass is 35.5. The van der Waals surface area contributed by atoms with Crippen molar-refractivity contribution in [1.82, 2.24) is 4.98 Å². The van der Waals surface area contributed by atoms with E-state index in [1.807, 2.05) is 32.0 Å². The summed E-state index contributed by atoms with van der Waals surface area (Å²) in [6, 6.07) is 10.5. The maximum atomic E-state index is 12.5. The minimum Gasteiger partial charge on any atom is -0.508 e. The van der Waals surface area contributed by atoms with Crippen LogP contribution in [0, 0.1) is 13.8 Å². The Hall–Kier alpha value is -2.96. The summed E-state index contributed by atoms with van der Waals surface area (Å²) in [5, 5.41) is 12.2. The number of anilines is 2. The van der Waals surface area contributed by atoms with Gasteiger partial charge >= 0.3 is 0 Å². The van der Waals surface area contributed by atoms with Crippen molar-refractivity contribution in [2.75, 3.05) is 10.8 Å². The highest BCUT2D eigenvalue weighted by molar-refractivity contribution is 7.14. The van der Waals surface area contributed by atoms with Crippen molar-refractivity contribution in [2.45, 2.75) is 27.2 Å². The molecule has 0 aliphatic rings. The number of benzene rings is 2. The molecule has 7 heteroatoms. The SMILES string of the molecule is CC(=O)N(c1nc(/C=C/C(=O)c2ccc(O)c(CCCl)c2)cs1)c1cccc(C)c1C. The average molecular weight is 455 g/mol. The number of aryl methyl sites for hydroxylation is 2. The normalized spacial score (nSPS) is 11.1. The predicted molar refractivity (Wildman–Crippen MR) is 127 cm³/mol. The van der Waals surface area contributed by atoms with Crippen molar-refractivity contribution in [3.05, 3.63) is 75.8 Å². The molecule has 3 aromatic rings. The second kappa shape index (κ2) is 9.90. The molecule has 0 radical (unpaired) electrons. The number of allylic oxidation sites excluding steroid dienone is 1. The molecule has 0 bridgehead atoms. The van der Waals surface area contributed by atoms with Crippen molar-refractivity contribution in [1.29, 1.82) is 0 Å². The summed E-state index contributed by atoms with van der Waals surface area (Å²) in [7, 11) is 0. The van der Waals surface area contributed by atoms with Crippen LogP contribution < -0.4 is 4.90 Å². The topological polar surface area (TPSA) is 70.5 Å². The third-order valence-electron chi connectivity index (χ3n) is 4.97. The number of ketones is 1. The minimum atomic E-state index is -0.205. The van der Waals surface area contributed by atoms with E-state index in [-0.39, 0.29) is 17.4 Å². The molecule has 5 nitrogen and oxygen atoms in total. The Morgan fingerprint density at radius 3 is 2.71 bits per heavy atom. The van der Waals surface area contributed by atoms with Crippen LogP contribution in [0.4, 0.5) is 10.8 Å². The van der Waals surface area contributed by atoms with Gasteiger partial charge in [0.25, 0.3) is 0 Å². The van der Waals surface area contributed by atoms with E-state index in [9.17, 15) is 14.7 Å². The Kier molecular flexibility index (Phi) is 7.25. The quantitative estimate of drug-likeness (QED) is 0.277. The molecule has 1 N–H and O–H groups in total. The Morgan fingerprint density at radius 1 is 1.23 bits per heavy atom. The summed E-state index contributed by atoms with van der Waals surface area (Å²) >= 11 is 7.09. The first-order valence-corrected chi connectivity index (χ1v) is 11.2. The van der Waals surface area contributed by atoms with Gasteiger partial charge in [0.1, 0.15) is 5.75 Å². The Labute approximate surface area is 190 Å². The molecule has 31 heavy (non-hydrogen) atoms. The molecule has 1 aromatic heterocycles. The minimum absolute atomic E-state index is 0.126. The third kappa shape index (κ3) is 5.21. The number of aromatic nitrogens is 1. The smallest absolute Gasteiger partial charge is 0.230 e. The first-order chi connectivity index (χ1) is 14.8. The van der Waals surface area contributed by atoms with Gasteiger partial charge in [-0.15, -0.1) is 22.9 Å². The lowest BCUT2D eigenvalue weighted by Crippen LogP contribution is -2.23. The number of rotatable bonds is 7. The number of aromatic hydroxyl groups is 1. The van der Waals surface area contributed by atoms with Gasteiger partial charge in [-0.2, -0.15) is 0 Å². The Bertz CT molecular complexity index is 1150. The van der Waals surface area contributed by atoms with E-state index in [2.05, 4.69) is 4.98 Å². The maximum absolute atomic E-state index is 12.5. The number of thiazole rings is 1. The zero-order chi connectivity index (χ0) is 22.5. The molecule has 0 aliphatic carbocycles. The van der Waals surface area contributed by atoms with Crippen molar-refractivity contribution in [2.24, 2.45) is 0 Å². The van der Waals surface area contributed by atoms with Gasteiger partial charge in [-0.05, 0) is 73.4 Å². The maximum Gasteiger partial charge on any atom is 0.230 e. The molecule has 0 aliphatic heterocycles. The first-order valence-electron chi connectivity index (χ1n) is 9.74. The van der Waals surface area contributed by atoms with Crippen molar-refractivity contribution < 1.29 is 14.7 Å². The molecule has 3 rings (SSSR count). The van der Waals surface area contributed by atoms with Crippen LogP contribution in [0.1, 0.15) is 39.7 Å². The van der Waals surface area contributed by atoms with Crippen molar-refractivity contribution in [3.63, 3.8) is 0 Å². The van der Waals surface area contributed by atoms with Crippen LogP contribution in [0.2, 0.25) is 0 Å². The number of phenols is 1. The van der Waals surface area contributed by atoms with Gasteiger partial charge in [-0.3, -0.25) is 14.5 Å². The van der Waals surface area contributed by atoms with E-state index in [0.29, 0.717) is 34.3 Å². The monoisotopic (exact) mass is 454 g/mol. The summed E-state index contributed by atoms with van der Waals surface area (Å²) in [4.78, 5) is 31.0. The molecular weight excluding hydrogens is 432 g/mol. The van der Waals surface area contributed by atoms with Crippen LogP contribution in [-0.2, 0) is 11.2 Å².